The highest BCUT2D eigenvalue weighted by molar-refractivity contribution is 5.85. The molecule has 0 aromatic heterocycles. The number of rotatable bonds is 5. The molecule has 1 aliphatic heterocycles. The van der Waals surface area contributed by atoms with Crippen molar-refractivity contribution in [2.75, 3.05) is 20.6 Å². The zero-order valence-corrected chi connectivity index (χ0v) is 8.91. The number of hydrogen-bond donors (Lipinski definition) is 1. The van der Waals surface area contributed by atoms with Crippen LogP contribution in [0.4, 0.5) is 0 Å². The number of nitrogens with one attached hydrogen (secondary N) is 1. The Kier molecular flexibility index (Phi) is 5.09. The van der Waals surface area contributed by atoms with Gasteiger partial charge in [0.05, 0.1) is 0 Å². The van der Waals surface area contributed by atoms with Crippen molar-refractivity contribution in [3.63, 3.8) is 0 Å². The highest BCUT2D eigenvalue weighted by Gasteiger charge is 2.41. The van der Waals surface area contributed by atoms with E-state index in [2.05, 4.69) is 31.4 Å². The van der Waals surface area contributed by atoms with Crippen LogP contribution in [-0.4, -0.2) is 31.3 Å². The molecule has 0 aromatic carbocycles. The Bertz CT molecular complexity index is 126. The molecule has 1 fully saturated rings. The summed E-state index contributed by atoms with van der Waals surface area (Å²) in [7, 11) is 4.19. The van der Waals surface area contributed by atoms with Gasteiger partial charge >= 0.3 is 0 Å². The van der Waals surface area contributed by atoms with Gasteiger partial charge in [0.2, 0.25) is 0 Å². The topological polar surface area (TPSA) is 37.7 Å². The van der Waals surface area contributed by atoms with Crippen LogP contribution in [0.2, 0.25) is 0 Å². The van der Waals surface area contributed by atoms with Crippen molar-refractivity contribution < 1.29 is 4.84 Å². The van der Waals surface area contributed by atoms with Gasteiger partial charge in [0.1, 0.15) is 0 Å². The van der Waals surface area contributed by atoms with Crippen molar-refractivity contribution in [1.82, 2.24) is 10.4 Å². The lowest BCUT2D eigenvalue weighted by molar-refractivity contribution is 0.258. The molecule has 0 bridgehead atoms. The van der Waals surface area contributed by atoms with Gasteiger partial charge in [-0.2, -0.15) is 5.48 Å². The van der Waals surface area contributed by atoms with E-state index in [1.54, 1.807) is 0 Å². The Morgan fingerprint density at radius 2 is 2.00 bits per heavy atom. The largest absolute Gasteiger partial charge is 0.309 e. The summed E-state index contributed by atoms with van der Waals surface area (Å²) in [6, 6.07) is 0. The maximum Gasteiger partial charge on any atom is 0.161 e. The van der Waals surface area contributed by atoms with Gasteiger partial charge < -0.3 is 4.90 Å². The van der Waals surface area contributed by atoms with Gasteiger partial charge in [-0.3, -0.25) is 4.84 Å². The van der Waals surface area contributed by atoms with E-state index in [1.807, 2.05) is 0 Å². The maximum atomic E-state index is 5.16. The normalized spacial score (nSPS) is 27.0. The summed E-state index contributed by atoms with van der Waals surface area (Å²) in [6.07, 6.45) is 3.40. The molecular formula is C8H19ClN2O. The molecule has 1 atom stereocenters. The lowest BCUT2D eigenvalue weighted by Crippen LogP contribution is -2.18. The van der Waals surface area contributed by atoms with Crippen molar-refractivity contribution in [3.05, 3.63) is 0 Å². The van der Waals surface area contributed by atoms with Crippen LogP contribution in [0, 0.1) is 0 Å². The van der Waals surface area contributed by atoms with E-state index in [0.29, 0.717) is 0 Å². The van der Waals surface area contributed by atoms with E-state index in [4.69, 9.17) is 4.84 Å². The van der Waals surface area contributed by atoms with E-state index in [0.717, 1.165) is 19.4 Å². The van der Waals surface area contributed by atoms with Crippen molar-refractivity contribution in [2.45, 2.75) is 31.9 Å². The SMILES string of the molecule is CCC1(CCCN(C)C)NO1.Cl. The quantitative estimate of drug-likeness (QED) is 0.673. The summed E-state index contributed by atoms with van der Waals surface area (Å²) in [6.45, 7) is 3.29. The van der Waals surface area contributed by atoms with Gasteiger partial charge in [-0.1, -0.05) is 6.92 Å². The first-order valence-corrected chi connectivity index (χ1v) is 4.28. The minimum atomic E-state index is 0. The summed E-state index contributed by atoms with van der Waals surface area (Å²) in [5, 5.41) is 0. The standard InChI is InChI=1S/C8H18N2O.ClH/c1-4-8(9-11-8)6-5-7-10(2)3;/h9H,4-7H2,1-3H3;1H. The highest BCUT2D eigenvalue weighted by atomic mass is 35.5. The molecule has 0 amide bonds. The molecule has 1 N–H and O–H groups in total. The van der Waals surface area contributed by atoms with Crippen LogP contribution in [0.15, 0.2) is 0 Å². The van der Waals surface area contributed by atoms with Gasteiger partial charge in [0.25, 0.3) is 0 Å². The van der Waals surface area contributed by atoms with E-state index < -0.39 is 0 Å². The lowest BCUT2D eigenvalue weighted by atomic mass is 10.1. The van der Waals surface area contributed by atoms with Gasteiger partial charge in [-0.25, -0.2) is 0 Å². The molecule has 3 nitrogen and oxygen atoms in total. The summed E-state index contributed by atoms with van der Waals surface area (Å²) in [4.78, 5) is 7.36. The Hall–Kier alpha value is 0.170. The molecule has 0 spiro atoms. The van der Waals surface area contributed by atoms with Gasteiger partial charge in [-0.05, 0) is 39.9 Å². The van der Waals surface area contributed by atoms with Gasteiger partial charge in [0.15, 0.2) is 5.72 Å². The summed E-state index contributed by atoms with van der Waals surface area (Å²) < 4.78 is 0. The Morgan fingerprint density at radius 1 is 1.42 bits per heavy atom. The summed E-state index contributed by atoms with van der Waals surface area (Å²) >= 11 is 0. The average molecular weight is 195 g/mol. The third kappa shape index (κ3) is 3.72. The molecule has 0 aliphatic carbocycles. The molecular weight excluding hydrogens is 176 g/mol. The molecule has 74 valence electrons. The first-order valence-electron chi connectivity index (χ1n) is 4.28. The first-order chi connectivity index (χ1) is 5.18. The van der Waals surface area contributed by atoms with E-state index in [9.17, 15) is 0 Å². The fourth-order valence-electron chi connectivity index (χ4n) is 1.18. The molecule has 0 radical (unpaired) electrons. The Balaban J connectivity index is 0.00000121. The van der Waals surface area contributed by atoms with E-state index in [-0.39, 0.29) is 18.1 Å². The fraction of sp³-hybridized carbons (Fsp3) is 1.00. The van der Waals surface area contributed by atoms with Crippen LogP contribution < -0.4 is 5.48 Å². The lowest BCUT2D eigenvalue weighted by Gasteiger charge is -2.10. The Morgan fingerprint density at radius 3 is 2.33 bits per heavy atom. The molecule has 1 heterocycles. The monoisotopic (exact) mass is 194 g/mol. The third-order valence-corrected chi connectivity index (χ3v) is 2.15. The third-order valence-electron chi connectivity index (χ3n) is 2.15. The first kappa shape index (κ1) is 12.2. The van der Waals surface area contributed by atoms with Crippen LogP contribution >= 0.6 is 12.4 Å². The zero-order chi connectivity index (χ0) is 8.32. The minimum Gasteiger partial charge on any atom is -0.309 e. The Labute approximate surface area is 80.8 Å². The predicted octanol–water partition coefficient (Wildman–Crippen LogP) is 1.39. The van der Waals surface area contributed by atoms with Crippen LogP contribution in [0.25, 0.3) is 0 Å². The van der Waals surface area contributed by atoms with Crippen LogP contribution in [0.5, 0.6) is 0 Å². The molecule has 0 saturated carbocycles. The second-order valence-corrected chi connectivity index (χ2v) is 3.46. The number of nitrogens with zero attached hydrogens (tertiary/aromatic N) is 1. The zero-order valence-electron chi connectivity index (χ0n) is 8.09. The van der Waals surface area contributed by atoms with Crippen molar-refractivity contribution in [1.29, 1.82) is 0 Å². The second-order valence-electron chi connectivity index (χ2n) is 3.46. The molecule has 1 aliphatic rings. The van der Waals surface area contributed by atoms with E-state index >= 15 is 0 Å². The summed E-state index contributed by atoms with van der Waals surface area (Å²) in [5.41, 5.74) is 3.00. The molecule has 4 heteroatoms. The second kappa shape index (κ2) is 5.02. The number of halogens is 1. The number of hydroxylamine groups is 1. The van der Waals surface area contributed by atoms with Crippen LogP contribution in [0.1, 0.15) is 26.2 Å². The molecule has 1 saturated heterocycles. The van der Waals surface area contributed by atoms with Crippen LogP contribution in [-0.2, 0) is 4.84 Å². The average Bonchev–Trinajstić information content (AvgIpc) is 2.69. The minimum absolute atomic E-state index is 0. The highest BCUT2D eigenvalue weighted by Crippen LogP contribution is 2.28. The molecule has 1 unspecified atom stereocenters. The van der Waals surface area contributed by atoms with Crippen molar-refractivity contribution in [2.24, 2.45) is 0 Å². The van der Waals surface area contributed by atoms with Crippen molar-refractivity contribution >= 4 is 12.4 Å². The van der Waals surface area contributed by atoms with Gasteiger partial charge in [0, 0.05) is 0 Å². The predicted molar refractivity (Wildman–Crippen MR) is 52.3 cm³/mol. The van der Waals surface area contributed by atoms with Crippen LogP contribution in [0.3, 0.4) is 0 Å². The number of hydrogen-bond acceptors (Lipinski definition) is 3. The fourth-order valence-corrected chi connectivity index (χ4v) is 1.18. The maximum absolute atomic E-state index is 5.16. The van der Waals surface area contributed by atoms with Crippen molar-refractivity contribution in [3.8, 4) is 0 Å². The smallest absolute Gasteiger partial charge is 0.161 e. The summed E-state index contributed by atoms with van der Waals surface area (Å²) in [5.74, 6) is 0. The van der Waals surface area contributed by atoms with Gasteiger partial charge in [-0.15, -0.1) is 12.4 Å². The molecule has 1 rings (SSSR count). The molecule has 12 heavy (non-hydrogen) atoms. The van der Waals surface area contributed by atoms with E-state index in [1.165, 1.54) is 6.42 Å². The molecule has 0 aromatic rings.